The molecule has 0 aromatic carbocycles. The fourth-order valence-electron chi connectivity index (χ4n) is 3.91. The third kappa shape index (κ3) is 2.44. The van der Waals surface area contributed by atoms with Crippen molar-refractivity contribution in [3.63, 3.8) is 0 Å². The summed E-state index contributed by atoms with van der Waals surface area (Å²) in [5.41, 5.74) is 1.31. The molecule has 0 radical (unpaired) electrons. The summed E-state index contributed by atoms with van der Waals surface area (Å²) in [5, 5.41) is 0. The van der Waals surface area contributed by atoms with Gasteiger partial charge in [-0.15, -0.1) is 0 Å². The van der Waals surface area contributed by atoms with Crippen LogP contribution in [0.2, 0.25) is 0 Å². The first kappa shape index (κ1) is 15.3. The molecule has 0 amide bonds. The molecule has 1 saturated heterocycles. The minimum Gasteiger partial charge on any atom is -0.465 e. The fourth-order valence-corrected chi connectivity index (χ4v) is 3.91. The van der Waals surface area contributed by atoms with Crippen LogP contribution >= 0.6 is 0 Å². The molecule has 0 saturated carbocycles. The summed E-state index contributed by atoms with van der Waals surface area (Å²) in [6.45, 7) is 11.3. The molecule has 2 bridgehead atoms. The summed E-state index contributed by atoms with van der Waals surface area (Å²) >= 11 is 0. The van der Waals surface area contributed by atoms with Crippen LogP contribution < -0.4 is 0 Å². The Balaban J connectivity index is 2.32. The molecule has 1 aliphatic heterocycles. The molecule has 0 aromatic heterocycles. The number of esters is 1. The van der Waals surface area contributed by atoms with E-state index in [0.29, 0.717) is 31.0 Å². The molecule has 0 N–H and O–H groups in total. The van der Waals surface area contributed by atoms with E-state index in [1.807, 2.05) is 6.92 Å². The van der Waals surface area contributed by atoms with E-state index in [4.69, 9.17) is 9.47 Å². The highest BCUT2D eigenvalue weighted by Crippen LogP contribution is 2.52. The van der Waals surface area contributed by atoms with Gasteiger partial charge >= 0.3 is 5.97 Å². The number of hydrogen-bond donors (Lipinski definition) is 0. The Labute approximate surface area is 122 Å². The van der Waals surface area contributed by atoms with Crippen LogP contribution in [0.3, 0.4) is 0 Å². The number of carbonyl (C=O) groups is 1. The van der Waals surface area contributed by atoms with Crippen molar-refractivity contribution in [2.24, 2.45) is 23.2 Å². The first-order chi connectivity index (χ1) is 9.42. The van der Waals surface area contributed by atoms with Crippen molar-refractivity contribution in [3.05, 3.63) is 23.8 Å². The van der Waals surface area contributed by atoms with Crippen molar-refractivity contribution in [2.75, 3.05) is 13.2 Å². The zero-order valence-electron chi connectivity index (χ0n) is 13.2. The molecule has 2 rings (SSSR count). The number of rotatable bonds is 3. The molecule has 3 heteroatoms. The smallest absolute Gasteiger partial charge is 0.302 e. The van der Waals surface area contributed by atoms with Crippen molar-refractivity contribution in [1.29, 1.82) is 0 Å². The first-order valence-electron chi connectivity index (χ1n) is 7.48. The van der Waals surface area contributed by atoms with E-state index in [0.717, 1.165) is 0 Å². The second kappa shape index (κ2) is 5.72. The third-order valence-corrected chi connectivity index (χ3v) is 5.22. The van der Waals surface area contributed by atoms with Crippen LogP contribution in [0.25, 0.3) is 0 Å². The molecule has 1 fully saturated rings. The van der Waals surface area contributed by atoms with Gasteiger partial charge in [0, 0.05) is 18.3 Å². The van der Waals surface area contributed by atoms with Crippen LogP contribution in [0.5, 0.6) is 0 Å². The van der Waals surface area contributed by atoms with Crippen molar-refractivity contribution in [1.82, 2.24) is 0 Å². The van der Waals surface area contributed by atoms with Crippen molar-refractivity contribution in [2.45, 2.75) is 40.7 Å². The normalized spacial score (nSPS) is 40.5. The Hall–Kier alpha value is -1.09. The van der Waals surface area contributed by atoms with Crippen LogP contribution in [0.1, 0.15) is 34.6 Å². The van der Waals surface area contributed by atoms with Gasteiger partial charge in [0.15, 0.2) is 0 Å². The van der Waals surface area contributed by atoms with Gasteiger partial charge in [-0.2, -0.15) is 0 Å². The zero-order valence-corrected chi connectivity index (χ0v) is 13.2. The van der Waals surface area contributed by atoms with E-state index < -0.39 is 0 Å². The summed E-state index contributed by atoms with van der Waals surface area (Å²) in [4.78, 5) is 11.2. The van der Waals surface area contributed by atoms with Gasteiger partial charge in [-0.1, -0.05) is 37.6 Å². The van der Waals surface area contributed by atoms with Gasteiger partial charge in [0.2, 0.25) is 0 Å². The topological polar surface area (TPSA) is 35.5 Å². The van der Waals surface area contributed by atoms with Crippen LogP contribution in [0.15, 0.2) is 23.8 Å². The minimum absolute atomic E-state index is 0.0894. The summed E-state index contributed by atoms with van der Waals surface area (Å²) in [5.74, 6) is 0.973. The van der Waals surface area contributed by atoms with Gasteiger partial charge in [0.1, 0.15) is 0 Å². The second-order valence-electron chi connectivity index (χ2n) is 6.33. The average Bonchev–Trinajstić information content (AvgIpc) is 2.36. The molecular weight excluding hydrogens is 252 g/mol. The first-order valence-corrected chi connectivity index (χ1v) is 7.48. The average molecular weight is 278 g/mol. The molecule has 5 atom stereocenters. The molecule has 1 heterocycles. The molecule has 20 heavy (non-hydrogen) atoms. The molecule has 1 aliphatic carbocycles. The lowest BCUT2D eigenvalue weighted by Crippen LogP contribution is -2.56. The van der Waals surface area contributed by atoms with E-state index in [-0.39, 0.29) is 17.5 Å². The summed E-state index contributed by atoms with van der Waals surface area (Å²) in [6.07, 6.45) is 6.68. The van der Waals surface area contributed by atoms with Crippen molar-refractivity contribution < 1.29 is 14.3 Å². The predicted molar refractivity (Wildman–Crippen MR) is 79.2 cm³/mol. The highest BCUT2D eigenvalue weighted by atomic mass is 16.5. The molecule has 4 unspecified atom stereocenters. The van der Waals surface area contributed by atoms with Crippen LogP contribution in [0, 0.1) is 23.2 Å². The van der Waals surface area contributed by atoms with Crippen molar-refractivity contribution >= 4 is 5.97 Å². The molecule has 0 spiro atoms. The summed E-state index contributed by atoms with van der Waals surface area (Å²) in [7, 11) is 0. The molecular formula is C17H26O3. The molecule has 112 valence electrons. The number of allylic oxidation sites excluding steroid dienone is 2. The van der Waals surface area contributed by atoms with Gasteiger partial charge in [0.05, 0.1) is 19.3 Å². The lowest BCUT2D eigenvalue weighted by molar-refractivity contribution is -0.171. The monoisotopic (exact) mass is 278 g/mol. The quantitative estimate of drug-likeness (QED) is 0.586. The predicted octanol–water partition coefficient (Wildman–Crippen LogP) is 3.36. The van der Waals surface area contributed by atoms with Gasteiger partial charge in [-0.05, 0) is 25.7 Å². The Kier molecular flexibility index (Phi) is 4.38. The summed E-state index contributed by atoms with van der Waals surface area (Å²) in [6, 6.07) is 0. The SMILES string of the molecule is C/C=C/C1OCC2(COC(C)=O)C(C)C=C(C)C1[C@@H]2C. The lowest BCUT2D eigenvalue weighted by atomic mass is 9.56. The third-order valence-electron chi connectivity index (χ3n) is 5.22. The van der Waals surface area contributed by atoms with Crippen LogP contribution in [-0.2, 0) is 14.3 Å². The Morgan fingerprint density at radius 3 is 2.85 bits per heavy atom. The standard InChI is InChI=1S/C17H26O3/c1-6-7-15-16-11(2)8-12(3)17(10-20-15,13(16)4)9-19-14(5)18/h6-8,12-13,15-16H,9-10H2,1-5H3/b7-6+/t12?,13-,15?,16?,17?/m0/s1. The number of ether oxygens (including phenoxy) is 2. The van der Waals surface area contributed by atoms with E-state index in [2.05, 4.69) is 39.0 Å². The van der Waals surface area contributed by atoms with E-state index in [1.165, 1.54) is 12.5 Å². The Bertz CT molecular complexity index is 438. The van der Waals surface area contributed by atoms with Gasteiger partial charge in [0.25, 0.3) is 0 Å². The maximum atomic E-state index is 11.2. The zero-order chi connectivity index (χ0) is 14.9. The van der Waals surface area contributed by atoms with E-state index in [9.17, 15) is 4.79 Å². The van der Waals surface area contributed by atoms with Crippen LogP contribution in [0.4, 0.5) is 0 Å². The van der Waals surface area contributed by atoms with Gasteiger partial charge in [-0.25, -0.2) is 0 Å². The van der Waals surface area contributed by atoms with Gasteiger partial charge in [-0.3, -0.25) is 4.79 Å². The second-order valence-corrected chi connectivity index (χ2v) is 6.33. The van der Waals surface area contributed by atoms with Crippen LogP contribution in [-0.4, -0.2) is 25.3 Å². The number of carbonyl (C=O) groups excluding carboxylic acids is 1. The molecule has 3 nitrogen and oxygen atoms in total. The van der Waals surface area contributed by atoms with Crippen molar-refractivity contribution in [3.8, 4) is 0 Å². The molecule has 0 aromatic rings. The Morgan fingerprint density at radius 2 is 2.25 bits per heavy atom. The Morgan fingerprint density at radius 1 is 1.55 bits per heavy atom. The highest BCUT2D eigenvalue weighted by Gasteiger charge is 2.53. The maximum Gasteiger partial charge on any atom is 0.302 e. The minimum atomic E-state index is -0.211. The maximum absolute atomic E-state index is 11.2. The fraction of sp³-hybridized carbons (Fsp3) is 0.706. The van der Waals surface area contributed by atoms with Gasteiger partial charge < -0.3 is 9.47 Å². The lowest BCUT2D eigenvalue weighted by Gasteiger charge is -2.54. The van der Waals surface area contributed by atoms with E-state index in [1.54, 1.807) is 0 Å². The number of hydrogen-bond acceptors (Lipinski definition) is 3. The largest absolute Gasteiger partial charge is 0.465 e. The highest BCUT2D eigenvalue weighted by molar-refractivity contribution is 5.65. The molecule has 2 aliphatic rings. The van der Waals surface area contributed by atoms with E-state index >= 15 is 0 Å². The summed E-state index contributed by atoms with van der Waals surface area (Å²) < 4.78 is 11.5. The number of fused-ring (bicyclic) bond motifs is 2.